The van der Waals surface area contributed by atoms with Crippen molar-refractivity contribution < 1.29 is 9.13 Å². The number of hydrogen-bond donors (Lipinski definition) is 2. The van der Waals surface area contributed by atoms with E-state index in [1.54, 1.807) is 6.07 Å². The molecule has 0 radical (unpaired) electrons. The van der Waals surface area contributed by atoms with Crippen molar-refractivity contribution in [2.45, 2.75) is 19.9 Å². The zero-order chi connectivity index (χ0) is 14.7. The molecule has 0 aromatic heterocycles. The van der Waals surface area contributed by atoms with Crippen molar-refractivity contribution in [1.29, 1.82) is 0 Å². The molecule has 0 fully saturated rings. The molecule has 0 bridgehead atoms. The summed E-state index contributed by atoms with van der Waals surface area (Å²) >= 11 is 0. The molecule has 0 aliphatic rings. The van der Waals surface area contributed by atoms with Crippen molar-refractivity contribution in [2.75, 3.05) is 7.11 Å². The molecule has 3 N–H and O–H groups in total. The lowest BCUT2D eigenvalue weighted by Gasteiger charge is -2.20. The highest BCUT2D eigenvalue weighted by Gasteiger charge is 2.16. The second-order valence-corrected chi connectivity index (χ2v) is 4.85. The Hall–Kier alpha value is -1.91. The molecular weight excluding hydrogens is 255 g/mol. The van der Waals surface area contributed by atoms with Gasteiger partial charge in [-0.1, -0.05) is 29.8 Å². The van der Waals surface area contributed by atoms with Gasteiger partial charge in [0.25, 0.3) is 0 Å². The molecule has 2 rings (SSSR count). The van der Waals surface area contributed by atoms with Crippen LogP contribution in [0.3, 0.4) is 0 Å². The molecule has 2 aromatic carbocycles. The highest BCUT2D eigenvalue weighted by atomic mass is 19.1. The standard InChI is InChI=1S/C16H19FN2O/c1-10-4-6-13(11(2)8-10)16(19-18)12-5-7-15(20-3)14(17)9-12/h4-9,16,19H,18H2,1-3H3. The maximum Gasteiger partial charge on any atom is 0.165 e. The fourth-order valence-electron chi connectivity index (χ4n) is 2.38. The van der Waals surface area contributed by atoms with Crippen LogP contribution in [0.2, 0.25) is 0 Å². The van der Waals surface area contributed by atoms with Gasteiger partial charge in [0.2, 0.25) is 0 Å². The van der Waals surface area contributed by atoms with Crippen molar-refractivity contribution in [1.82, 2.24) is 5.43 Å². The first-order valence-corrected chi connectivity index (χ1v) is 6.43. The van der Waals surface area contributed by atoms with Gasteiger partial charge in [-0.3, -0.25) is 5.84 Å². The van der Waals surface area contributed by atoms with Crippen molar-refractivity contribution in [3.63, 3.8) is 0 Å². The van der Waals surface area contributed by atoms with Gasteiger partial charge in [0.1, 0.15) is 0 Å². The Morgan fingerprint density at radius 3 is 2.45 bits per heavy atom. The largest absolute Gasteiger partial charge is 0.494 e. The summed E-state index contributed by atoms with van der Waals surface area (Å²) in [6.45, 7) is 4.06. The third-order valence-corrected chi connectivity index (χ3v) is 3.41. The van der Waals surface area contributed by atoms with E-state index in [-0.39, 0.29) is 11.8 Å². The Bertz CT molecular complexity index is 613. The number of ether oxygens (including phenoxy) is 1. The Morgan fingerprint density at radius 1 is 1.15 bits per heavy atom. The first-order chi connectivity index (χ1) is 9.56. The first-order valence-electron chi connectivity index (χ1n) is 6.43. The molecule has 0 saturated heterocycles. The molecular formula is C16H19FN2O. The minimum Gasteiger partial charge on any atom is -0.494 e. The van der Waals surface area contributed by atoms with Gasteiger partial charge in [-0.05, 0) is 42.7 Å². The van der Waals surface area contributed by atoms with Crippen molar-refractivity contribution in [2.24, 2.45) is 5.84 Å². The third kappa shape index (κ3) is 2.81. The van der Waals surface area contributed by atoms with E-state index in [9.17, 15) is 4.39 Å². The van der Waals surface area contributed by atoms with Crippen molar-refractivity contribution in [3.05, 3.63) is 64.5 Å². The maximum absolute atomic E-state index is 13.8. The van der Waals surface area contributed by atoms with Gasteiger partial charge >= 0.3 is 0 Å². The summed E-state index contributed by atoms with van der Waals surface area (Å²) in [7, 11) is 1.45. The quantitative estimate of drug-likeness (QED) is 0.665. The molecule has 0 aliphatic heterocycles. The third-order valence-electron chi connectivity index (χ3n) is 3.41. The van der Waals surface area contributed by atoms with Crippen LogP contribution in [0.4, 0.5) is 4.39 Å². The van der Waals surface area contributed by atoms with E-state index in [0.717, 1.165) is 16.7 Å². The lowest BCUT2D eigenvalue weighted by molar-refractivity contribution is 0.385. The molecule has 20 heavy (non-hydrogen) atoms. The first kappa shape index (κ1) is 14.5. The van der Waals surface area contributed by atoms with E-state index in [1.165, 1.54) is 18.7 Å². The molecule has 1 atom stereocenters. The van der Waals surface area contributed by atoms with Crippen LogP contribution in [0, 0.1) is 19.7 Å². The van der Waals surface area contributed by atoms with Gasteiger partial charge < -0.3 is 4.74 Å². The fraction of sp³-hybridized carbons (Fsp3) is 0.250. The van der Waals surface area contributed by atoms with Crippen LogP contribution in [0.15, 0.2) is 36.4 Å². The van der Waals surface area contributed by atoms with E-state index >= 15 is 0 Å². The highest BCUT2D eigenvalue weighted by Crippen LogP contribution is 2.28. The van der Waals surface area contributed by atoms with Crippen LogP contribution in [0.25, 0.3) is 0 Å². The number of aryl methyl sites for hydroxylation is 2. The predicted octanol–water partition coefficient (Wildman–Crippen LogP) is 3.00. The lowest BCUT2D eigenvalue weighted by atomic mass is 9.94. The average Bonchev–Trinajstić information content (AvgIpc) is 2.42. The fourth-order valence-corrected chi connectivity index (χ4v) is 2.38. The van der Waals surface area contributed by atoms with Gasteiger partial charge in [0.15, 0.2) is 11.6 Å². The van der Waals surface area contributed by atoms with Crippen LogP contribution in [-0.4, -0.2) is 7.11 Å². The normalized spacial score (nSPS) is 12.2. The van der Waals surface area contributed by atoms with E-state index in [4.69, 9.17) is 10.6 Å². The minimum absolute atomic E-state index is 0.227. The molecule has 2 aromatic rings. The van der Waals surface area contributed by atoms with Crippen LogP contribution in [0.5, 0.6) is 5.75 Å². The zero-order valence-electron chi connectivity index (χ0n) is 11.9. The number of benzene rings is 2. The maximum atomic E-state index is 13.8. The predicted molar refractivity (Wildman–Crippen MR) is 78.0 cm³/mol. The van der Waals surface area contributed by atoms with Gasteiger partial charge in [-0.25, -0.2) is 9.82 Å². The molecule has 3 nitrogen and oxygen atoms in total. The van der Waals surface area contributed by atoms with E-state index in [1.807, 2.05) is 32.0 Å². The summed E-state index contributed by atoms with van der Waals surface area (Å²) in [5.41, 5.74) is 6.84. The molecule has 0 aliphatic carbocycles. The molecule has 0 amide bonds. The van der Waals surface area contributed by atoms with Crippen LogP contribution < -0.4 is 16.0 Å². The van der Waals surface area contributed by atoms with Gasteiger partial charge in [-0.2, -0.15) is 0 Å². The Labute approximate surface area is 118 Å². The molecule has 4 heteroatoms. The Balaban J connectivity index is 2.44. The summed E-state index contributed by atoms with van der Waals surface area (Å²) in [4.78, 5) is 0. The molecule has 0 saturated carbocycles. The monoisotopic (exact) mass is 274 g/mol. The summed E-state index contributed by atoms with van der Waals surface area (Å²) in [5.74, 6) is 5.49. The molecule has 0 heterocycles. The summed E-state index contributed by atoms with van der Waals surface area (Å²) < 4.78 is 18.8. The van der Waals surface area contributed by atoms with Gasteiger partial charge in [-0.15, -0.1) is 0 Å². The van der Waals surface area contributed by atoms with Crippen LogP contribution in [-0.2, 0) is 0 Å². The second-order valence-electron chi connectivity index (χ2n) is 4.85. The van der Waals surface area contributed by atoms with E-state index in [2.05, 4.69) is 11.5 Å². The lowest BCUT2D eigenvalue weighted by Crippen LogP contribution is -2.29. The summed E-state index contributed by atoms with van der Waals surface area (Å²) in [6.07, 6.45) is 0. The Morgan fingerprint density at radius 2 is 1.90 bits per heavy atom. The smallest absolute Gasteiger partial charge is 0.165 e. The number of nitrogens with two attached hydrogens (primary N) is 1. The topological polar surface area (TPSA) is 47.3 Å². The number of nitrogens with one attached hydrogen (secondary N) is 1. The number of rotatable bonds is 4. The average molecular weight is 274 g/mol. The van der Waals surface area contributed by atoms with Gasteiger partial charge in [0.05, 0.1) is 13.2 Å². The number of methoxy groups -OCH3 is 1. The zero-order valence-corrected chi connectivity index (χ0v) is 11.9. The molecule has 106 valence electrons. The van der Waals surface area contributed by atoms with Crippen molar-refractivity contribution in [3.8, 4) is 5.75 Å². The SMILES string of the molecule is COc1ccc(C(NN)c2ccc(C)cc2C)cc1F. The van der Waals surface area contributed by atoms with Crippen molar-refractivity contribution >= 4 is 0 Å². The minimum atomic E-state index is -0.394. The van der Waals surface area contributed by atoms with Crippen LogP contribution >= 0.6 is 0 Å². The summed E-state index contributed by atoms with van der Waals surface area (Å²) in [6, 6.07) is 10.7. The molecule has 0 spiro atoms. The van der Waals surface area contributed by atoms with E-state index in [0.29, 0.717) is 0 Å². The number of halogens is 1. The van der Waals surface area contributed by atoms with E-state index < -0.39 is 5.82 Å². The second kappa shape index (κ2) is 6.03. The molecule has 1 unspecified atom stereocenters. The highest BCUT2D eigenvalue weighted by molar-refractivity contribution is 5.40. The number of hydrazine groups is 1. The van der Waals surface area contributed by atoms with Crippen LogP contribution in [0.1, 0.15) is 28.3 Å². The number of hydrogen-bond acceptors (Lipinski definition) is 3. The van der Waals surface area contributed by atoms with Gasteiger partial charge in [0, 0.05) is 0 Å². The summed E-state index contributed by atoms with van der Waals surface area (Å²) in [5, 5.41) is 0. The Kier molecular flexibility index (Phi) is 4.37.